The summed E-state index contributed by atoms with van der Waals surface area (Å²) in [5.41, 5.74) is 1.76. The Morgan fingerprint density at radius 1 is 1.23 bits per heavy atom. The van der Waals surface area contributed by atoms with Gasteiger partial charge in [0.1, 0.15) is 12.4 Å². The second-order valence-electron chi connectivity index (χ2n) is 7.13. The number of para-hydroxylation sites is 2. The molecule has 26 heavy (non-hydrogen) atoms. The first-order chi connectivity index (χ1) is 12.6. The van der Waals surface area contributed by atoms with E-state index in [0.717, 1.165) is 36.1 Å². The van der Waals surface area contributed by atoms with Crippen LogP contribution in [-0.4, -0.2) is 27.4 Å². The number of imidazole rings is 1. The Bertz CT molecular complexity index is 777. The molecule has 0 saturated heterocycles. The minimum atomic E-state index is -0.249. The average molecular weight is 356 g/mol. The van der Waals surface area contributed by atoms with E-state index in [2.05, 4.69) is 15.6 Å². The predicted molar refractivity (Wildman–Crippen MR) is 102 cm³/mol. The number of rotatable bonds is 7. The summed E-state index contributed by atoms with van der Waals surface area (Å²) in [6.07, 6.45) is 5.79. The fraction of sp³-hybridized carbons (Fsp3) is 0.550. The maximum atomic E-state index is 12.6. The van der Waals surface area contributed by atoms with Gasteiger partial charge in [-0.3, -0.25) is 9.59 Å². The molecule has 6 nitrogen and oxygen atoms in total. The van der Waals surface area contributed by atoms with Crippen LogP contribution in [0.15, 0.2) is 24.3 Å². The first-order valence-corrected chi connectivity index (χ1v) is 9.62. The zero-order valence-corrected chi connectivity index (χ0v) is 15.6. The summed E-state index contributed by atoms with van der Waals surface area (Å²) >= 11 is 0. The van der Waals surface area contributed by atoms with Crippen molar-refractivity contribution >= 4 is 22.8 Å². The zero-order chi connectivity index (χ0) is 18.5. The summed E-state index contributed by atoms with van der Waals surface area (Å²) in [6, 6.07) is 7.82. The van der Waals surface area contributed by atoms with E-state index in [1.54, 1.807) is 0 Å². The highest BCUT2D eigenvalue weighted by atomic mass is 16.2. The van der Waals surface area contributed by atoms with Crippen LogP contribution in [0, 0.1) is 0 Å². The zero-order valence-electron chi connectivity index (χ0n) is 15.6. The topological polar surface area (TPSA) is 76.0 Å². The normalized spacial score (nSPS) is 15.9. The van der Waals surface area contributed by atoms with Crippen LogP contribution in [0.4, 0.5) is 0 Å². The quantitative estimate of drug-likeness (QED) is 0.800. The van der Waals surface area contributed by atoms with Crippen molar-refractivity contribution in [2.24, 2.45) is 0 Å². The molecular weight excluding hydrogens is 328 g/mol. The van der Waals surface area contributed by atoms with Crippen LogP contribution in [0.1, 0.15) is 64.2 Å². The number of carbonyl (C=O) groups excluding carboxylic acids is 2. The Morgan fingerprint density at radius 2 is 1.96 bits per heavy atom. The van der Waals surface area contributed by atoms with Gasteiger partial charge in [-0.25, -0.2) is 4.98 Å². The molecule has 1 fully saturated rings. The van der Waals surface area contributed by atoms with Gasteiger partial charge in [0.05, 0.1) is 17.1 Å². The molecule has 1 saturated carbocycles. The van der Waals surface area contributed by atoms with Gasteiger partial charge in [0, 0.05) is 12.5 Å². The molecule has 0 bridgehead atoms. The van der Waals surface area contributed by atoms with Crippen molar-refractivity contribution in [2.75, 3.05) is 0 Å². The van der Waals surface area contributed by atoms with Crippen LogP contribution in [-0.2, 0) is 16.1 Å². The SMILES string of the molecule is CCCC(=O)NC(C)c1nc2ccccc2n1CC(=O)NC1CCCC1. The fourth-order valence-corrected chi connectivity index (χ4v) is 3.68. The monoisotopic (exact) mass is 356 g/mol. The Labute approximate surface area is 154 Å². The number of hydrogen-bond donors (Lipinski definition) is 2. The van der Waals surface area contributed by atoms with Crippen LogP contribution in [0.2, 0.25) is 0 Å². The Morgan fingerprint density at radius 3 is 2.69 bits per heavy atom. The summed E-state index contributed by atoms with van der Waals surface area (Å²) in [5, 5.41) is 6.13. The highest BCUT2D eigenvalue weighted by molar-refractivity contribution is 5.82. The molecule has 1 aliphatic rings. The van der Waals surface area contributed by atoms with Crippen LogP contribution < -0.4 is 10.6 Å². The van der Waals surface area contributed by atoms with Crippen molar-refractivity contribution in [3.63, 3.8) is 0 Å². The molecule has 3 rings (SSSR count). The molecule has 0 spiro atoms. The number of carbonyl (C=O) groups is 2. The maximum Gasteiger partial charge on any atom is 0.240 e. The van der Waals surface area contributed by atoms with Gasteiger partial charge in [0.25, 0.3) is 0 Å². The van der Waals surface area contributed by atoms with E-state index in [0.29, 0.717) is 12.5 Å². The lowest BCUT2D eigenvalue weighted by Gasteiger charge is -2.17. The van der Waals surface area contributed by atoms with Crippen LogP contribution in [0.25, 0.3) is 11.0 Å². The Kier molecular flexibility index (Phi) is 5.91. The number of nitrogens with one attached hydrogen (secondary N) is 2. The average Bonchev–Trinajstić information content (AvgIpc) is 3.23. The molecule has 2 N–H and O–H groups in total. The van der Waals surface area contributed by atoms with Gasteiger partial charge in [-0.05, 0) is 38.3 Å². The molecule has 2 amide bonds. The summed E-state index contributed by atoms with van der Waals surface area (Å²) < 4.78 is 1.93. The number of nitrogens with zero attached hydrogens (tertiary/aromatic N) is 2. The molecule has 0 aliphatic heterocycles. The molecule has 1 atom stereocenters. The molecule has 1 aliphatic carbocycles. The standard InChI is InChI=1S/C20H28N4O2/c1-3-8-18(25)21-14(2)20-23-16-11-6-7-12-17(16)24(20)13-19(26)22-15-9-4-5-10-15/h6-7,11-12,14-15H,3-5,8-10,13H2,1-2H3,(H,21,25)(H,22,26). The van der Waals surface area contributed by atoms with Gasteiger partial charge in [-0.1, -0.05) is 31.9 Å². The molecule has 6 heteroatoms. The van der Waals surface area contributed by atoms with E-state index in [4.69, 9.17) is 0 Å². The summed E-state index contributed by atoms with van der Waals surface area (Å²) in [7, 11) is 0. The Balaban J connectivity index is 1.81. The number of benzene rings is 1. The van der Waals surface area contributed by atoms with Crippen molar-refractivity contribution in [3.05, 3.63) is 30.1 Å². The summed E-state index contributed by atoms with van der Waals surface area (Å²) in [4.78, 5) is 29.2. The second-order valence-corrected chi connectivity index (χ2v) is 7.13. The smallest absolute Gasteiger partial charge is 0.240 e. The lowest BCUT2D eigenvalue weighted by molar-refractivity contribution is -0.122. The van der Waals surface area contributed by atoms with Crippen molar-refractivity contribution in [1.29, 1.82) is 0 Å². The lowest BCUT2D eigenvalue weighted by Crippen LogP contribution is -2.36. The van der Waals surface area contributed by atoms with E-state index in [1.165, 1.54) is 12.8 Å². The first kappa shape index (κ1) is 18.4. The number of hydrogen-bond acceptors (Lipinski definition) is 3. The predicted octanol–water partition coefficient (Wildman–Crippen LogP) is 3.07. The molecule has 2 aromatic rings. The highest BCUT2D eigenvalue weighted by Gasteiger charge is 2.22. The van der Waals surface area contributed by atoms with Crippen LogP contribution in [0.5, 0.6) is 0 Å². The number of aromatic nitrogens is 2. The second kappa shape index (κ2) is 8.34. The van der Waals surface area contributed by atoms with E-state index < -0.39 is 0 Å². The third kappa shape index (κ3) is 4.23. The fourth-order valence-electron chi connectivity index (χ4n) is 3.68. The first-order valence-electron chi connectivity index (χ1n) is 9.62. The minimum Gasteiger partial charge on any atom is -0.352 e. The third-order valence-corrected chi connectivity index (χ3v) is 4.95. The lowest BCUT2D eigenvalue weighted by atomic mass is 10.2. The van der Waals surface area contributed by atoms with Crippen LogP contribution >= 0.6 is 0 Å². The third-order valence-electron chi connectivity index (χ3n) is 4.95. The molecular formula is C20H28N4O2. The summed E-state index contributed by atoms with van der Waals surface area (Å²) in [5.74, 6) is 0.736. The van der Waals surface area contributed by atoms with Gasteiger partial charge in [0.15, 0.2) is 0 Å². The van der Waals surface area contributed by atoms with E-state index in [1.807, 2.05) is 42.7 Å². The van der Waals surface area contributed by atoms with Crippen molar-refractivity contribution in [2.45, 2.75) is 71.0 Å². The molecule has 0 radical (unpaired) electrons. The summed E-state index contributed by atoms with van der Waals surface area (Å²) in [6.45, 7) is 4.12. The van der Waals surface area contributed by atoms with Gasteiger partial charge in [-0.15, -0.1) is 0 Å². The molecule has 1 aromatic carbocycles. The molecule has 1 unspecified atom stereocenters. The van der Waals surface area contributed by atoms with E-state index in [-0.39, 0.29) is 24.4 Å². The maximum absolute atomic E-state index is 12.6. The van der Waals surface area contributed by atoms with E-state index in [9.17, 15) is 9.59 Å². The molecule has 1 aromatic heterocycles. The van der Waals surface area contributed by atoms with Gasteiger partial charge >= 0.3 is 0 Å². The molecule has 1 heterocycles. The van der Waals surface area contributed by atoms with Gasteiger partial charge < -0.3 is 15.2 Å². The van der Waals surface area contributed by atoms with Gasteiger partial charge in [0.2, 0.25) is 11.8 Å². The van der Waals surface area contributed by atoms with Crippen LogP contribution in [0.3, 0.4) is 0 Å². The minimum absolute atomic E-state index is 0.00777. The number of fused-ring (bicyclic) bond motifs is 1. The van der Waals surface area contributed by atoms with Crippen molar-refractivity contribution in [3.8, 4) is 0 Å². The Hall–Kier alpha value is -2.37. The van der Waals surface area contributed by atoms with Crippen molar-refractivity contribution in [1.82, 2.24) is 20.2 Å². The molecule has 140 valence electrons. The number of amides is 2. The van der Waals surface area contributed by atoms with E-state index >= 15 is 0 Å². The largest absolute Gasteiger partial charge is 0.352 e. The highest BCUT2D eigenvalue weighted by Crippen LogP contribution is 2.22. The van der Waals surface area contributed by atoms with Gasteiger partial charge in [-0.2, -0.15) is 0 Å². The van der Waals surface area contributed by atoms with Crippen molar-refractivity contribution < 1.29 is 9.59 Å².